The number of carbonyl (C=O) groups excluding carboxylic acids is 1. The van der Waals surface area contributed by atoms with Crippen molar-refractivity contribution in [2.24, 2.45) is 0 Å². The lowest BCUT2D eigenvalue weighted by Crippen LogP contribution is -2.16. The van der Waals surface area contributed by atoms with Crippen molar-refractivity contribution in [1.82, 2.24) is 15.0 Å². The van der Waals surface area contributed by atoms with Crippen molar-refractivity contribution in [3.05, 3.63) is 72.1 Å². The molecule has 0 aliphatic carbocycles. The highest BCUT2D eigenvalue weighted by Gasteiger charge is 2.13. The molecule has 0 spiro atoms. The van der Waals surface area contributed by atoms with E-state index < -0.39 is 0 Å². The number of nitrogens with one attached hydrogen (secondary N) is 1. The first-order valence-corrected chi connectivity index (χ1v) is 7.25. The van der Waals surface area contributed by atoms with Crippen LogP contribution in [0.1, 0.15) is 21.7 Å². The Labute approximate surface area is 134 Å². The van der Waals surface area contributed by atoms with Crippen molar-refractivity contribution in [3.8, 4) is 11.1 Å². The molecule has 23 heavy (non-hydrogen) atoms. The number of amides is 1. The van der Waals surface area contributed by atoms with Gasteiger partial charge in [-0.15, -0.1) is 0 Å². The van der Waals surface area contributed by atoms with Crippen molar-refractivity contribution < 1.29 is 4.79 Å². The second-order valence-corrected chi connectivity index (χ2v) is 5.22. The molecule has 2 aromatic heterocycles. The van der Waals surface area contributed by atoms with Crippen molar-refractivity contribution >= 4 is 11.6 Å². The van der Waals surface area contributed by atoms with Crippen LogP contribution in [0, 0.1) is 13.8 Å². The van der Waals surface area contributed by atoms with E-state index in [4.69, 9.17) is 0 Å². The lowest BCUT2D eigenvalue weighted by molar-refractivity contribution is 0.102. The molecule has 1 amide bonds. The number of hydrogen-bond donors (Lipinski definition) is 1. The van der Waals surface area contributed by atoms with E-state index in [-0.39, 0.29) is 5.91 Å². The summed E-state index contributed by atoms with van der Waals surface area (Å²) in [7, 11) is 0. The second kappa shape index (κ2) is 6.36. The van der Waals surface area contributed by atoms with Crippen molar-refractivity contribution in [3.63, 3.8) is 0 Å². The number of anilines is 1. The number of hydrogen-bond acceptors (Lipinski definition) is 4. The minimum absolute atomic E-state index is 0.262. The lowest BCUT2D eigenvalue weighted by atomic mass is 10.0. The third kappa shape index (κ3) is 3.23. The maximum atomic E-state index is 12.4. The van der Waals surface area contributed by atoms with Gasteiger partial charge in [0.05, 0.1) is 5.69 Å². The van der Waals surface area contributed by atoms with Crippen molar-refractivity contribution in [1.29, 1.82) is 0 Å². The molecular formula is C18H16N4O. The highest BCUT2D eigenvalue weighted by molar-refractivity contribution is 6.04. The molecule has 1 N–H and O–H groups in total. The minimum atomic E-state index is -0.262. The van der Waals surface area contributed by atoms with Gasteiger partial charge in [-0.3, -0.25) is 14.8 Å². The average Bonchev–Trinajstić information content (AvgIpc) is 2.58. The van der Waals surface area contributed by atoms with Crippen molar-refractivity contribution in [2.75, 3.05) is 5.32 Å². The van der Waals surface area contributed by atoms with Gasteiger partial charge in [-0.25, -0.2) is 4.98 Å². The monoisotopic (exact) mass is 304 g/mol. The Morgan fingerprint density at radius 1 is 1.00 bits per heavy atom. The third-order valence-corrected chi connectivity index (χ3v) is 3.58. The van der Waals surface area contributed by atoms with Crippen LogP contribution in [0.15, 0.2) is 55.1 Å². The first-order valence-electron chi connectivity index (χ1n) is 7.25. The highest BCUT2D eigenvalue weighted by Crippen LogP contribution is 2.25. The molecule has 0 aliphatic rings. The molecule has 0 saturated heterocycles. The number of rotatable bonds is 3. The first kappa shape index (κ1) is 14.8. The van der Waals surface area contributed by atoms with Gasteiger partial charge in [0, 0.05) is 36.0 Å². The van der Waals surface area contributed by atoms with Gasteiger partial charge < -0.3 is 5.32 Å². The molecule has 0 fully saturated rings. The van der Waals surface area contributed by atoms with Crippen LogP contribution in [-0.4, -0.2) is 20.9 Å². The number of nitrogens with zero attached hydrogens (tertiary/aromatic N) is 3. The summed E-state index contributed by atoms with van der Waals surface area (Å²) >= 11 is 0. The predicted octanol–water partition coefficient (Wildman–Crippen LogP) is 3.41. The predicted molar refractivity (Wildman–Crippen MR) is 89.1 cm³/mol. The normalized spacial score (nSPS) is 10.3. The van der Waals surface area contributed by atoms with Gasteiger partial charge in [0.25, 0.3) is 5.91 Å². The van der Waals surface area contributed by atoms with Crippen LogP contribution < -0.4 is 5.32 Å². The fourth-order valence-electron chi connectivity index (χ4n) is 2.28. The molecule has 0 saturated carbocycles. The Morgan fingerprint density at radius 2 is 1.83 bits per heavy atom. The van der Waals surface area contributed by atoms with Crippen LogP contribution in [0.25, 0.3) is 11.1 Å². The third-order valence-electron chi connectivity index (χ3n) is 3.58. The highest BCUT2D eigenvalue weighted by atomic mass is 16.1. The molecule has 0 atom stereocenters. The fraction of sp³-hybridized carbons (Fsp3) is 0.111. The summed E-state index contributed by atoms with van der Waals surface area (Å²) < 4.78 is 0. The lowest BCUT2D eigenvalue weighted by Gasteiger charge is -2.11. The van der Waals surface area contributed by atoms with E-state index in [1.807, 2.05) is 37.3 Å². The largest absolute Gasteiger partial charge is 0.320 e. The number of aryl methyl sites for hydroxylation is 2. The van der Waals surface area contributed by atoms with Crippen LogP contribution in [0.5, 0.6) is 0 Å². The standard InChI is InChI=1S/C18H16N4O/c1-12-5-6-14(15-4-3-7-19-11-15)10-16(12)22-18(23)17-13(2)20-8-9-21-17/h3-11H,1-2H3,(H,22,23). The zero-order valence-corrected chi connectivity index (χ0v) is 12.9. The van der Waals surface area contributed by atoms with E-state index in [0.717, 1.165) is 22.4 Å². The Hall–Kier alpha value is -3.08. The summed E-state index contributed by atoms with van der Waals surface area (Å²) in [5, 5.41) is 2.92. The molecular weight excluding hydrogens is 288 g/mol. The number of carbonyl (C=O) groups is 1. The van der Waals surface area contributed by atoms with E-state index in [0.29, 0.717) is 11.4 Å². The van der Waals surface area contributed by atoms with Gasteiger partial charge in [-0.2, -0.15) is 0 Å². The van der Waals surface area contributed by atoms with E-state index in [9.17, 15) is 4.79 Å². The second-order valence-electron chi connectivity index (χ2n) is 5.22. The molecule has 0 radical (unpaired) electrons. The first-order chi connectivity index (χ1) is 11.1. The zero-order chi connectivity index (χ0) is 16.2. The molecule has 5 nitrogen and oxygen atoms in total. The van der Waals surface area contributed by atoms with Crippen molar-refractivity contribution in [2.45, 2.75) is 13.8 Å². The van der Waals surface area contributed by atoms with E-state index >= 15 is 0 Å². The molecule has 2 heterocycles. The van der Waals surface area contributed by atoms with Gasteiger partial charge in [0.1, 0.15) is 5.69 Å². The van der Waals surface area contributed by atoms with Gasteiger partial charge in [-0.1, -0.05) is 18.2 Å². The Balaban J connectivity index is 1.91. The Kier molecular flexibility index (Phi) is 4.10. The van der Waals surface area contributed by atoms with Crippen LogP contribution in [0.3, 0.4) is 0 Å². The van der Waals surface area contributed by atoms with Crippen LogP contribution >= 0.6 is 0 Å². The quantitative estimate of drug-likeness (QED) is 0.805. The molecule has 3 aromatic rings. The fourth-order valence-corrected chi connectivity index (χ4v) is 2.28. The zero-order valence-electron chi connectivity index (χ0n) is 12.9. The minimum Gasteiger partial charge on any atom is -0.320 e. The van der Waals surface area contributed by atoms with Crippen LogP contribution in [0.2, 0.25) is 0 Å². The average molecular weight is 304 g/mol. The van der Waals surface area contributed by atoms with E-state index in [1.54, 1.807) is 25.5 Å². The van der Waals surface area contributed by atoms with Gasteiger partial charge in [0.2, 0.25) is 0 Å². The molecule has 1 aromatic carbocycles. The molecule has 0 bridgehead atoms. The van der Waals surface area contributed by atoms with E-state index in [2.05, 4.69) is 20.3 Å². The maximum absolute atomic E-state index is 12.4. The molecule has 3 rings (SSSR count). The molecule has 0 unspecified atom stereocenters. The summed E-state index contributed by atoms with van der Waals surface area (Å²) in [6.45, 7) is 3.72. The summed E-state index contributed by atoms with van der Waals surface area (Å²) in [6.07, 6.45) is 6.61. The van der Waals surface area contributed by atoms with Gasteiger partial charge in [0.15, 0.2) is 0 Å². The smallest absolute Gasteiger partial charge is 0.276 e. The topological polar surface area (TPSA) is 67.8 Å². The summed E-state index contributed by atoms with van der Waals surface area (Å²) in [5.74, 6) is -0.262. The van der Waals surface area contributed by atoms with Gasteiger partial charge >= 0.3 is 0 Å². The number of benzene rings is 1. The molecule has 0 aliphatic heterocycles. The summed E-state index contributed by atoms with van der Waals surface area (Å²) in [4.78, 5) is 24.7. The summed E-state index contributed by atoms with van der Waals surface area (Å²) in [5.41, 5.74) is 4.66. The number of aromatic nitrogens is 3. The Bertz CT molecular complexity index is 847. The number of pyridine rings is 1. The van der Waals surface area contributed by atoms with Gasteiger partial charge in [-0.05, 0) is 37.1 Å². The summed E-state index contributed by atoms with van der Waals surface area (Å²) in [6, 6.07) is 9.79. The van der Waals surface area contributed by atoms with E-state index in [1.165, 1.54) is 6.20 Å². The Morgan fingerprint density at radius 3 is 2.57 bits per heavy atom. The maximum Gasteiger partial charge on any atom is 0.276 e. The molecule has 5 heteroatoms. The van der Waals surface area contributed by atoms with Crippen LogP contribution in [-0.2, 0) is 0 Å². The molecule has 114 valence electrons. The van der Waals surface area contributed by atoms with Crippen LogP contribution in [0.4, 0.5) is 5.69 Å². The SMILES string of the molecule is Cc1ccc(-c2cccnc2)cc1NC(=O)c1nccnc1C.